The lowest BCUT2D eigenvalue weighted by Gasteiger charge is -2.26. The highest BCUT2D eigenvalue weighted by Gasteiger charge is 2.25. The first kappa shape index (κ1) is 16.9. The molecule has 6 heteroatoms. The van der Waals surface area contributed by atoms with Crippen LogP contribution in [0.5, 0.6) is 5.75 Å². The monoisotopic (exact) mass is 364 g/mol. The van der Waals surface area contributed by atoms with E-state index in [4.69, 9.17) is 28.0 Å². The lowest BCUT2D eigenvalue weighted by Crippen LogP contribution is -2.19. The van der Waals surface area contributed by atoms with Gasteiger partial charge in [0.25, 0.3) is 0 Å². The molecular formula is C18H18Cl2N2O2. The normalized spacial score (nSPS) is 11.8. The fourth-order valence-corrected chi connectivity index (χ4v) is 3.09. The summed E-state index contributed by atoms with van der Waals surface area (Å²) in [5, 5.41) is 15.2. The fraction of sp³-hybridized carbons (Fsp3) is 0.278. The van der Waals surface area contributed by atoms with Crippen molar-refractivity contribution in [3.8, 4) is 5.75 Å². The quantitative estimate of drug-likeness (QED) is 0.683. The van der Waals surface area contributed by atoms with Crippen molar-refractivity contribution in [2.45, 2.75) is 19.3 Å². The number of nitrogens with zero attached hydrogens (tertiary/aromatic N) is 2. The van der Waals surface area contributed by atoms with Gasteiger partial charge in [-0.05, 0) is 35.4 Å². The van der Waals surface area contributed by atoms with E-state index in [2.05, 4.69) is 25.0 Å². The first-order chi connectivity index (χ1) is 11.4. The molecule has 0 saturated heterocycles. The summed E-state index contributed by atoms with van der Waals surface area (Å²) in [4.78, 5) is 6.89. The van der Waals surface area contributed by atoms with Gasteiger partial charge in [-0.15, -0.1) is 16.7 Å². The highest BCUT2D eigenvalue weighted by molar-refractivity contribution is 6.35. The largest absolute Gasteiger partial charge is 0.508 e. The molecule has 0 atom stereocenters. The molecule has 0 spiro atoms. The number of phenolic OH excluding ortho intramolecular Hbond substituents is 1. The van der Waals surface area contributed by atoms with E-state index >= 15 is 0 Å². The number of benzene rings is 2. The van der Waals surface area contributed by atoms with Crippen LogP contribution in [0.1, 0.15) is 25.0 Å². The number of rotatable bonds is 5. The zero-order chi connectivity index (χ0) is 17.3. The fourth-order valence-electron chi connectivity index (χ4n) is 2.72. The minimum absolute atomic E-state index is 0.251. The van der Waals surface area contributed by atoms with Crippen LogP contribution in [-0.2, 0) is 5.41 Å². The summed E-state index contributed by atoms with van der Waals surface area (Å²) < 4.78 is 0. The van der Waals surface area contributed by atoms with Crippen LogP contribution in [0.3, 0.4) is 0 Å². The van der Waals surface area contributed by atoms with Gasteiger partial charge >= 0.3 is 0 Å². The van der Waals surface area contributed by atoms with Crippen molar-refractivity contribution in [2.24, 2.45) is 0 Å². The molecule has 24 heavy (non-hydrogen) atoms. The van der Waals surface area contributed by atoms with Gasteiger partial charge in [-0.3, -0.25) is 0 Å². The number of halogens is 2. The SMILES string of the molecule is CC(C)(c1ccc(O)cc1)c1cc(Cl)c2c(cnn2OCCCl)c1. The van der Waals surface area contributed by atoms with Gasteiger partial charge in [-0.2, -0.15) is 0 Å². The molecule has 3 rings (SSSR count). The third kappa shape index (κ3) is 3.04. The van der Waals surface area contributed by atoms with E-state index in [1.165, 1.54) is 4.85 Å². The molecular weight excluding hydrogens is 347 g/mol. The first-order valence-electron chi connectivity index (χ1n) is 7.60. The zero-order valence-electron chi connectivity index (χ0n) is 13.5. The molecule has 0 amide bonds. The van der Waals surface area contributed by atoms with Crippen LogP contribution in [0.2, 0.25) is 5.02 Å². The van der Waals surface area contributed by atoms with Crippen LogP contribution in [0.15, 0.2) is 42.6 Å². The topological polar surface area (TPSA) is 47.3 Å². The summed E-state index contributed by atoms with van der Waals surface area (Å²) >= 11 is 12.1. The Kier molecular flexibility index (Phi) is 4.61. The number of hydrogen-bond donors (Lipinski definition) is 1. The predicted molar refractivity (Wildman–Crippen MR) is 97.1 cm³/mol. The molecule has 4 nitrogen and oxygen atoms in total. The van der Waals surface area contributed by atoms with Crippen molar-refractivity contribution in [1.82, 2.24) is 9.94 Å². The van der Waals surface area contributed by atoms with E-state index in [1.807, 2.05) is 18.2 Å². The first-order valence-corrected chi connectivity index (χ1v) is 8.51. The Morgan fingerprint density at radius 3 is 2.54 bits per heavy atom. The average molecular weight is 365 g/mol. The third-order valence-corrected chi connectivity index (χ3v) is 4.63. The Labute approximate surface area is 150 Å². The third-order valence-electron chi connectivity index (χ3n) is 4.19. The van der Waals surface area contributed by atoms with Gasteiger partial charge in [0.05, 0.1) is 17.1 Å². The summed E-state index contributed by atoms with van der Waals surface area (Å²) in [6.45, 7) is 4.59. The maximum atomic E-state index is 9.50. The van der Waals surface area contributed by atoms with Gasteiger partial charge in [-0.25, -0.2) is 0 Å². The molecule has 2 aromatic carbocycles. The van der Waals surface area contributed by atoms with E-state index < -0.39 is 0 Å². The van der Waals surface area contributed by atoms with Crippen molar-refractivity contribution in [3.63, 3.8) is 0 Å². The van der Waals surface area contributed by atoms with Gasteiger partial charge in [0.15, 0.2) is 0 Å². The molecule has 0 unspecified atom stereocenters. The van der Waals surface area contributed by atoms with Gasteiger partial charge < -0.3 is 9.94 Å². The molecule has 0 aliphatic rings. The van der Waals surface area contributed by atoms with Crippen molar-refractivity contribution < 1.29 is 9.94 Å². The van der Waals surface area contributed by atoms with Gasteiger partial charge in [-0.1, -0.05) is 42.4 Å². The molecule has 1 heterocycles. The second-order valence-electron chi connectivity index (χ2n) is 6.11. The molecule has 1 aromatic heterocycles. The molecule has 0 saturated carbocycles. The molecule has 0 bridgehead atoms. The van der Waals surface area contributed by atoms with E-state index in [-0.39, 0.29) is 11.2 Å². The Morgan fingerprint density at radius 1 is 1.17 bits per heavy atom. The van der Waals surface area contributed by atoms with Crippen LogP contribution in [0, 0.1) is 0 Å². The summed E-state index contributed by atoms with van der Waals surface area (Å²) in [7, 11) is 0. The van der Waals surface area contributed by atoms with Crippen LogP contribution in [0.25, 0.3) is 10.9 Å². The number of aromatic hydroxyl groups is 1. The van der Waals surface area contributed by atoms with Crippen molar-refractivity contribution in [2.75, 3.05) is 12.5 Å². The van der Waals surface area contributed by atoms with Gasteiger partial charge in [0, 0.05) is 10.8 Å². The van der Waals surface area contributed by atoms with Gasteiger partial charge in [0.2, 0.25) is 0 Å². The maximum Gasteiger partial charge on any atom is 0.130 e. The van der Waals surface area contributed by atoms with Gasteiger partial charge in [0.1, 0.15) is 17.9 Å². The molecule has 3 aromatic rings. The van der Waals surface area contributed by atoms with E-state index in [1.54, 1.807) is 18.3 Å². The second-order valence-corrected chi connectivity index (χ2v) is 6.89. The lowest BCUT2D eigenvalue weighted by atomic mass is 9.78. The minimum atomic E-state index is -0.273. The van der Waals surface area contributed by atoms with E-state index in [0.29, 0.717) is 17.5 Å². The maximum absolute atomic E-state index is 9.50. The molecule has 1 N–H and O–H groups in total. The molecule has 126 valence electrons. The van der Waals surface area contributed by atoms with E-state index in [0.717, 1.165) is 22.0 Å². The standard InChI is InChI=1S/C18H18Cl2N2O2/c1-18(2,13-3-5-15(23)6-4-13)14-9-12-11-21-22(24-8-7-19)17(12)16(20)10-14/h3-6,9-11,23H,7-8H2,1-2H3. The van der Waals surface area contributed by atoms with Crippen LogP contribution in [0.4, 0.5) is 0 Å². The lowest BCUT2D eigenvalue weighted by molar-refractivity contribution is 0.104. The van der Waals surface area contributed by atoms with Crippen molar-refractivity contribution in [3.05, 3.63) is 58.7 Å². The highest BCUT2D eigenvalue weighted by Crippen LogP contribution is 2.36. The Morgan fingerprint density at radius 2 is 1.88 bits per heavy atom. The smallest absolute Gasteiger partial charge is 0.130 e. The van der Waals surface area contributed by atoms with E-state index in [9.17, 15) is 5.11 Å². The van der Waals surface area contributed by atoms with Crippen LogP contribution in [-0.4, -0.2) is 27.5 Å². The number of phenols is 1. The minimum Gasteiger partial charge on any atom is -0.508 e. The average Bonchev–Trinajstić information content (AvgIpc) is 2.97. The predicted octanol–water partition coefficient (Wildman–Crippen LogP) is 4.39. The summed E-state index contributed by atoms with van der Waals surface area (Å²) in [6, 6.07) is 11.2. The van der Waals surface area contributed by atoms with Crippen molar-refractivity contribution >= 4 is 34.1 Å². The zero-order valence-corrected chi connectivity index (χ0v) is 15.0. The Bertz CT molecular complexity index is 857. The second kappa shape index (κ2) is 6.54. The molecule has 0 aliphatic carbocycles. The van der Waals surface area contributed by atoms with Crippen LogP contribution < -0.4 is 4.84 Å². The van der Waals surface area contributed by atoms with Crippen LogP contribution >= 0.6 is 23.2 Å². The highest BCUT2D eigenvalue weighted by atomic mass is 35.5. The number of alkyl halides is 1. The molecule has 0 radical (unpaired) electrons. The Hall–Kier alpha value is -1.91. The molecule has 0 fully saturated rings. The number of fused-ring (bicyclic) bond motifs is 1. The number of hydrogen-bond acceptors (Lipinski definition) is 3. The Balaban J connectivity index is 2.05. The number of aromatic nitrogens is 2. The summed E-state index contributed by atoms with van der Waals surface area (Å²) in [5.74, 6) is 0.631. The molecule has 0 aliphatic heterocycles. The summed E-state index contributed by atoms with van der Waals surface area (Å²) in [6.07, 6.45) is 1.73. The van der Waals surface area contributed by atoms with Crippen molar-refractivity contribution in [1.29, 1.82) is 0 Å². The summed E-state index contributed by atoms with van der Waals surface area (Å²) in [5.41, 5.74) is 2.60.